The lowest BCUT2D eigenvalue weighted by Gasteiger charge is -2.22. The van der Waals surface area contributed by atoms with Crippen molar-refractivity contribution in [2.24, 2.45) is 0 Å². The Labute approximate surface area is 100 Å². The van der Waals surface area contributed by atoms with Crippen LogP contribution >= 0.6 is 0 Å². The van der Waals surface area contributed by atoms with Crippen LogP contribution in [0.3, 0.4) is 0 Å². The molecule has 1 unspecified atom stereocenters. The summed E-state index contributed by atoms with van der Waals surface area (Å²) in [5.74, 6) is -0.446. The lowest BCUT2D eigenvalue weighted by Crippen LogP contribution is -2.52. The lowest BCUT2D eigenvalue weighted by atomic mass is 10.2. The molecule has 98 valence electrons. The highest BCUT2D eigenvalue weighted by atomic mass is 16.5. The highest BCUT2D eigenvalue weighted by molar-refractivity contribution is 5.87. The summed E-state index contributed by atoms with van der Waals surface area (Å²) in [5.41, 5.74) is 0. The molecule has 2 amide bonds. The van der Waals surface area contributed by atoms with Gasteiger partial charge in [-0.1, -0.05) is 0 Å². The van der Waals surface area contributed by atoms with Gasteiger partial charge in [0.1, 0.15) is 6.04 Å². The maximum absolute atomic E-state index is 11.6. The number of morpholine rings is 1. The number of rotatable bonds is 6. The molecule has 7 heteroatoms. The minimum Gasteiger partial charge on any atom is -0.383 e. The van der Waals surface area contributed by atoms with Crippen molar-refractivity contribution in [1.29, 1.82) is 0 Å². The molecule has 3 N–H and O–H groups in total. The quantitative estimate of drug-likeness (QED) is 0.464. The fourth-order valence-corrected chi connectivity index (χ4v) is 1.38. The first-order valence-corrected chi connectivity index (χ1v) is 5.58. The maximum Gasteiger partial charge on any atom is 0.239 e. The summed E-state index contributed by atoms with van der Waals surface area (Å²) < 4.78 is 9.93. The smallest absolute Gasteiger partial charge is 0.239 e. The Balaban J connectivity index is 2.11. The molecular weight excluding hydrogens is 226 g/mol. The first kappa shape index (κ1) is 13.9. The molecule has 0 radical (unpaired) electrons. The van der Waals surface area contributed by atoms with Crippen LogP contribution < -0.4 is 16.0 Å². The SMILES string of the molecule is COCCNC(=O)CNC(=O)C1COCCN1. The normalized spacial score (nSPS) is 19.7. The third-order valence-electron chi connectivity index (χ3n) is 2.29. The Bertz CT molecular complexity index is 254. The van der Waals surface area contributed by atoms with Gasteiger partial charge in [-0.2, -0.15) is 0 Å². The van der Waals surface area contributed by atoms with E-state index in [1.807, 2.05) is 0 Å². The van der Waals surface area contributed by atoms with E-state index in [0.717, 1.165) is 0 Å². The van der Waals surface area contributed by atoms with E-state index in [0.29, 0.717) is 32.9 Å². The van der Waals surface area contributed by atoms with Gasteiger partial charge in [0, 0.05) is 20.2 Å². The average molecular weight is 245 g/mol. The summed E-state index contributed by atoms with van der Waals surface area (Å²) in [6.45, 7) is 2.48. The molecule has 7 nitrogen and oxygen atoms in total. The predicted octanol–water partition coefficient (Wildman–Crippen LogP) is -2.15. The molecule has 0 aromatic heterocycles. The molecule has 17 heavy (non-hydrogen) atoms. The highest BCUT2D eigenvalue weighted by Crippen LogP contribution is 1.92. The van der Waals surface area contributed by atoms with Crippen molar-refractivity contribution in [3.05, 3.63) is 0 Å². The maximum atomic E-state index is 11.6. The molecule has 0 aromatic carbocycles. The summed E-state index contributed by atoms with van der Waals surface area (Å²) in [6, 6.07) is -0.365. The lowest BCUT2D eigenvalue weighted by molar-refractivity contribution is -0.129. The zero-order valence-electron chi connectivity index (χ0n) is 9.95. The monoisotopic (exact) mass is 245 g/mol. The topological polar surface area (TPSA) is 88.7 Å². The Hall–Kier alpha value is -1.18. The first-order valence-electron chi connectivity index (χ1n) is 5.58. The van der Waals surface area contributed by atoms with Crippen molar-refractivity contribution in [3.63, 3.8) is 0 Å². The summed E-state index contributed by atoms with van der Waals surface area (Å²) in [4.78, 5) is 22.8. The van der Waals surface area contributed by atoms with Crippen molar-refractivity contribution in [3.8, 4) is 0 Å². The van der Waals surface area contributed by atoms with Crippen LogP contribution in [-0.4, -0.2) is 64.4 Å². The Morgan fingerprint density at radius 2 is 2.29 bits per heavy atom. The molecule has 1 saturated heterocycles. The van der Waals surface area contributed by atoms with E-state index in [1.54, 1.807) is 7.11 Å². The molecule has 0 bridgehead atoms. The fraction of sp³-hybridized carbons (Fsp3) is 0.800. The number of hydrogen-bond acceptors (Lipinski definition) is 5. The third-order valence-corrected chi connectivity index (χ3v) is 2.29. The molecule has 1 aliphatic heterocycles. The van der Waals surface area contributed by atoms with Gasteiger partial charge in [-0.15, -0.1) is 0 Å². The largest absolute Gasteiger partial charge is 0.383 e. The minimum absolute atomic E-state index is 0.0271. The van der Waals surface area contributed by atoms with E-state index in [4.69, 9.17) is 9.47 Å². The van der Waals surface area contributed by atoms with Crippen LogP contribution in [-0.2, 0) is 19.1 Å². The van der Waals surface area contributed by atoms with Crippen molar-refractivity contribution in [2.75, 3.05) is 46.6 Å². The average Bonchev–Trinajstić information content (AvgIpc) is 2.37. The summed E-state index contributed by atoms with van der Waals surface area (Å²) >= 11 is 0. The molecule has 1 atom stereocenters. The zero-order chi connectivity index (χ0) is 12.5. The van der Waals surface area contributed by atoms with E-state index >= 15 is 0 Å². The van der Waals surface area contributed by atoms with Crippen LogP contribution in [0.5, 0.6) is 0 Å². The van der Waals surface area contributed by atoms with E-state index in [2.05, 4.69) is 16.0 Å². The second kappa shape index (κ2) is 7.99. The van der Waals surface area contributed by atoms with Crippen LogP contribution in [0.2, 0.25) is 0 Å². The van der Waals surface area contributed by atoms with Gasteiger partial charge in [0.05, 0.1) is 26.4 Å². The molecule has 0 aromatic rings. The fourth-order valence-electron chi connectivity index (χ4n) is 1.38. The Morgan fingerprint density at radius 1 is 1.47 bits per heavy atom. The Morgan fingerprint density at radius 3 is 2.94 bits per heavy atom. The first-order chi connectivity index (χ1) is 8.24. The molecule has 0 saturated carbocycles. The van der Waals surface area contributed by atoms with Gasteiger partial charge in [0.25, 0.3) is 0 Å². The van der Waals surface area contributed by atoms with Crippen LogP contribution in [0.15, 0.2) is 0 Å². The van der Waals surface area contributed by atoms with Gasteiger partial charge in [-0.3, -0.25) is 9.59 Å². The number of methoxy groups -OCH3 is 1. The zero-order valence-corrected chi connectivity index (χ0v) is 9.95. The number of amides is 2. The molecule has 0 spiro atoms. The van der Waals surface area contributed by atoms with Crippen LogP contribution in [0, 0.1) is 0 Å². The third kappa shape index (κ3) is 5.62. The van der Waals surface area contributed by atoms with E-state index in [9.17, 15) is 9.59 Å². The van der Waals surface area contributed by atoms with Crippen molar-refractivity contribution < 1.29 is 19.1 Å². The number of carbonyl (C=O) groups is 2. The van der Waals surface area contributed by atoms with Gasteiger partial charge in [0.15, 0.2) is 0 Å². The summed E-state index contributed by atoms with van der Waals surface area (Å²) in [7, 11) is 1.56. The molecule has 1 heterocycles. The van der Waals surface area contributed by atoms with Gasteiger partial charge in [-0.05, 0) is 0 Å². The van der Waals surface area contributed by atoms with Gasteiger partial charge >= 0.3 is 0 Å². The molecule has 1 fully saturated rings. The van der Waals surface area contributed by atoms with Crippen molar-refractivity contribution in [2.45, 2.75) is 6.04 Å². The number of ether oxygens (including phenoxy) is 2. The van der Waals surface area contributed by atoms with Crippen molar-refractivity contribution in [1.82, 2.24) is 16.0 Å². The van der Waals surface area contributed by atoms with Gasteiger partial charge < -0.3 is 25.4 Å². The summed E-state index contributed by atoms with van der Waals surface area (Å²) in [5, 5.41) is 8.16. The van der Waals surface area contributed by atoms with Crippen molar-refractivity contribution >= 4 is 11.8 Å². The van der Waals surface area contributed by atoms with E-state index in [-0.39, 0.29) is 24.4 Å². The number of hydrogen-bond donors (Lipinski definition) is 3. The van der Waals surface area contributed by atoms with Crippen LogP contribution in [0.1, 0.15) is 0 Å². The molecular formula is C10H19N3O4. The molecule has 1 rings (SSSR count). The molecule has 0 aliphatic carbocycles. The van der Waals surface area contributed by atoms with Gasteiger partial charge in [-0.25, -0.2) is 0 Å². The highest BCUT2D eigenvalue weighted by Gasteiger charge is 2.21. The van der Waals surface area contributed by atoms with Crippen LogP contribution in [0.4, 0.5) is 0 Å². The van der Waals surface area contributed by atoms with Crippen LogP contribution in [0.25, 0.3) is 0 Å². The molecule has 1 aliphatic rings. The number of carbonyl (C=O) groups excluding carboxylic acids is 2. The second-order valence-corrected chi connectivity index (χ2v) is 3.64. The minimum atomic E-state index is -0.365. The predicted molar refractivity (Wildman–Crippen MR) is 60.5 cm³/mol. The standard InChI is InChI=1S/C10H19N3O4/c1-16-4-2-12-9(14)6-13-10(15)8-7-17-5-3-11-8/h8,11H,2-7H2,1H3,(H,12,14)(H,13,15). The van der Waals surface area contributed by atoms with E-state index in [1.165, 1.54) is 0 Å². The second-order valence-electron chi connectivity index (χ2n) is 3.64. The Kier molecular flexibility index (Phi) is 6.53. The summed E-state index contributed by atoms with van der Waals surface area (Å²) in [6.07, 6.45) is 0. The number of nitrogens with one attached hydrogen (secondary N) is 3. The van der Waals surface area contributed by atoms with Gasteiger partial charge in [0.2, 0.25) is 11.8 Å². The van der Waals surface area contributed by atoms with E-state index < -0.39 is 0 Å².